The molecular formula is C14H17N3O. The number of nitrogens with zero attached hydrogens (tertiary/aromatic N) is 2. The van der Waals surface area contributed by atoms with Crippen molar-refractivity contribution in [1.29, 1.82) is 0 Å². The van der Waals surface area contributed by atoms with Gasteiger partial charge in [-0.1, -0.05) is 24.3 Å². The van der Waals surface area contributed by atoms with Crippen molar-refractivity contribution >= 4 is 5.91 Å². The molecule has 4 heteroatoms. The highest BCUT2D eigenvalue weighted by Crippen LogP contribution is 2.06. The first kappa shape index (κ1) is 12.4. The van der Waals surface area contributed by atoms with E-state index in [4.69, 9.17) is 0 Å². The topological polar surface area (TPSA) is 46.9 Å². The third-order valence-corrected chi connectivity index (χ3v) is 3.00. The molecule has 0 saturated heterocycles. The summed E-state index contributed by atoms with van der Waals surface area (Å²) in [7, 11) is 1.84. The van der Waals surface area contributed by atoms with Crippen molar-refractivity contribution in [2.24, 2.45) is 7.05 Å². The predicted molar refractivity (Wildman–Crippen MR) is 69.9 cm³/mol. The van der Waals surface area contributed by atoms with Crippen molar-refractivity contribution in [1.82, 2.24) is 15.1 Å². The molecule has 94 valence electrons. The van der Waals surface area contributed by atoms with E-state index in [9.17, 15) is 4.79 Å². The fourth-order valence-corrected chi connectivity index (χ4v) is 1.80. The zero-order valence-corrected chi connectivity index (χ0v) is 10.7. The van der Waals surface area contributed by atoms with Crippen LogP contribution in [-0.2, 0) is 24.8 Å². The Bertz CT molecular complexity index is 545. The molecule has 1 heterocycles. The van der Waals surface area contributed by atoms with Gasteiger partial charge in [0.2, 0.25) is 5.91 Å². The number of carbonyl (C=O) groups is 1. The smallest absolute Gasteiger partial charge is 0.226 e. The Hall–Kier alpha value is -2.10. The summed E-state index contributed by atoms with van der Waals surface area (Å²) in [6, 6.07) is 9.90. The van der Waals surface area contributed by atoms with Gasteiger partial charge < -0.3 is 5.32 Å². The maximum Gasteiger partial charge on any atom is 0.226 e. The number of hydrogen-bond donors (Lipinski definition) is 1. The van der Waals surface area contributed by atoms with Crippen LogP contribution in [0, 0.1) is 6.92 Å². The third kappa shape index (κ3) is 2.97. The Morgan fingerprint density at radius 3 is 2.78 bits per heavy atom. The molecule has 2 rings (SSSR count). The van der Waals surface area contributed by atoms with Crippen LogP contribution in [0.4, 0.5) is 0 Å². The van der Waals surface area contributed by atoms with Gasteiger partial charge in [-0.3, -0.25) is 9.48 Å². The van der Waals surface area contributed by atoms with E-state index in [1.54, 1.807) is 10.9 Å². The van der Waals surface area contributed by atoms with Crippen LogP contribution in [-0.4, -0.2) is 15.7 Å². The lowest BCUT2D eigenvalue weighted by atomic mass is 10.1. The normalized spacial score (nSPS) is 10.3. The Morgan fingerprint density at radius 2 is 2.11 bits per heavy atom. The minimum atomic E-state index is 0.0156. The predicted octanol–water partition coefficient (Wildman–Crippen LogP) is 1.59. The molecule has 18 heavy (non-hydrogen) atoms. The quantitative estimate of drug-likeness (QED) is 0.886. The van der Waals surface area contributed by atoms with Crippen LogP contribution in [0.25, 0.3) is 0 Å². The fourth-order valence-electron chi connectivity index (χ4n) is 1.80. The molecule has 0 saturated carbocycles. The number of benzene rings is 1. The SMILES string of the molecule is Cc1ccccc1CNC(=O)Cc1ccnn1C. The molecule has 0 fully saturated rings. The molecule has 1 amide bonds. The van der Waals surface area contributed by atoms with E-state index in [2.05, 4.69) is 10.4 Å². The molecule has 2 aromatic rings. The average molecular weight is 243 g/mol. The molecule has 0 aliphatic heterocycles. The molecule has 0 spiro atoms. The first-order valence-corrected chi connectivity index (χ1v) is 5.95. The van der Waals surface area contributed by atoms with Crippen LogP contribution in [0.1, 0.15) is 16.8 Å². The van der Waals surface area contributed by atoms with E-state index < -0.39 is 0 Å². The molecular weight excluding hydrogens is 226 g/mol. The van der Waals surface area contributed by atoms with Crippen LogP contribution in [0.15, 0.2) is 36.5 Å². The average Bonchev–Trinajstić information content (AvgIpc) is 2.74. The van der Waals surface area contributed by atoms with E-state index in [1.807, 2.05) is 44.3 Å². The second-order valence-electron chi connectivity index (χ2n) is 4.33. The zero-order valence-electron chi connectivity index (χ0n) is 10.7. The van der Waals surface area contributed by atoms with Gasteiger partial charge in [-0.15, -0.1) is 0 Å². The van der Waals surface area contributed by atoms with Gasteiger partial charge in [-0.05, 0) is 24.1 Å². The van der Waals surface area contributed by atoms with Gasteiger partial charge in [-0.2, -0.15) is 5.10 Å². The summed E-state index contributed by atoms with van der Waals surface area (Å²) < 4.78 is 1.72. The summed E-state index contributed by atoms with van der Waals surface area (Å²) in [5.74, 6) is 0.0156. The molecule has 0 aliphatic carbocycles. The number of amides is 1. The van der Waals surface area contributed by atoms with Gasteiger partial charge in [-0.25, -0.2) is 0 Å². The van der Waals surface area contributed by atoms with Crippen LogP contribution >= 0.6 is 0 Å². The number of rotatable bonds is 4. The number of hydrogen-bond acceptors (Lipinski definition) is 2. The van der Waals surface area contributed by atoms with Crippen LogP contribution in [0.5, 0.6) is 0 Å². The van der Waals surface area contributed by atoms with E-state index in [0.29, 0.717) is 13.0 Å². The molecule has 0 atom stereocenters. The van der Waals surface area contributed by atoms with Gasteiger partial charge in [0.05, 0.1) is 6.42 Å². The lowest BCUT2D eigenvalue weighted by molar-refractivity contribution is -0.120. The van der Waals surface area contributed by atoms with Crippen molar-refractivity contribution in [3.8, 4) is 0 Å². The van der Waals surface area contributed by atoms with E-state index in [1.165, 1.54) is 5.56 Å². The number of aromatic nitrogens is 2. The monoisotopic (exact) mass is 243 g/mol. The van der Waals surface area contributed by atoms with E-state index in [-0.39, 0.29) is 5.91 Å². The lowest BCUT2D eigenvalue weighted by Gasteiger charge is -2.08. The number of nitrogens with one attached hydrogen (secondary N) is 1. The van der Waals surface area contributed by atoms with Gasteiger partial charge in [0, 0.05) is 25.5 Å². The second kappa shape index (κ2) is 5.49. The summed E-state index contributed by atoms with van der Waals surface area (Å²) in [6.45, 7) is 2.62. The second-order valence-corrected chi connectivity index (χ2v) is 4.33. The van der Waals surface area contributed by atoms with Crippen LogP contribution in [0.3, 0.4) is 0 Å². The number of carbonyl (C=O) groups excluding carboxylic acids is 1. The maximum atomic E-state index is 11.8. The fraction of sp³-hybridized carbons (Fsp3) is 0.286. The minimum Gasteiger partial charge on any atom is -0.352 e. The van der Waals surface area contributed by atoms with Crippen molar-refractivity contribution in [3.63, 3.8) is 0 Å². The molecule has 0 unspecified atom stereocenters. The highest BCUT2D eigenvalue weighted by molar-refractivity contribution is 5.78. The Kier molecular flexibility index (Phi) is 3.77. The summed E-state index contributed by atoms with van der Waals surface area (Å²) in [6.07, 6.45) is 2.06. The standard InChI is InChI=1S/C14H17N3O/c1-11-5-3-4-6-12(11)10-15-14(18)9-13-7-8-16-17(13)2/h3-8H,9-10H2,1-2H3,(H,15,18). The lowest BCUT2D eigenvalue weighted by Crippen LogP contribution is -2.25. The molecule has 1 N–H and O–H groups in total. The Morgan fingerprint density at radius 1 is 1.33 bits per heavy atom. The van der Waals surface area contributed by atoms with Crippen LogP contribution in [0.2, 0.25) is 0 Å². The largest absolute Gasteiger partial charge is 0.352 e. The van der Waals surface area contributed by atoms with Crippen molar-refractivity contribution in [3.05, 3.63) is 53.3 Å². The molecule has 1 aromatic carbocycles. The number of aryl methyl sites for hydroxylation is 2. The molecule has 0 aliphatic rings. The van der Waals surface area contributed by atoms with Crippen molar-refractivity contribution < 1.29 is 4.79 Å². The maximum absolute atomic E-state index is 11.8. The van der Waals surface area contributed by atoms with Gasteiger partial charge in [0.15, 0.2) is 0 Å². The van der Waals surface area contributed by atoms with E-state index >= 15 is 0 Å². The minimum absolute atomic E-state index is 0.0156. The van der Waals surface area contributed by atoms with Crippen molar-refractivity contribution in [2.45, 2.75) is 19.9 Å². The summed E-state index contributed by atoms with van der Waals surface area (Å²) in [5, 5.41) is 6.96. The summed E-state index contributed by atoms with van der Waals surface area (Å²) in [4.78, 5) is 11.8. The Labute approximate surface area is 107 Å². The zero-order chi connectivity index (χ0) is 13.0. The highest BCUT2D eigenvalue weighted by atomic mass is 16.1. The Balaban J connectivity index is 1.90. The van der Waals surface area contributed by atoms with Crippen molar-refractivity contribution in [2.75, 3.05) is 0 Å². The van der Waals surface area contributed by atoms with Gasteiger partial charge in [0.1, 0.15) is 0 Å². The first-order valence-electron chi connectivity index (χ1n) is 5.95. The highest BCUT2D eigenvalue weighted by Gasteiger charge is 2.06. The molecule has 0 bridgehead atoms. The first-order chi connectivity index (χ1) is 8.66. The third-order valence-electron chi connectivity index (χ3n) is 3.00. The van der Waals surface area contributed by atoms with Gasteiger partial charge >= 0.3 is 0 Å². The molecule has 0 radical (unpaired) electrons. The van der Waals surface area contributed by atoms with E-state index in [0.717, 1.165) is 11.3 Å². The molecule has 4 nitrogen and oxygen atoms in total. The molecule has 1 aromatic heterocycles. The van der Waals surface area contributed by atoms with Crippen LogP contribution < -0.4 is 5.32 Å². The summed E-state index contributed by atoms with van der Waals surface area (Å²) >= 11 is 0. The summed E-state index contributed by atoms with van der Waals surface area (Å²) in [5.41, 5.74) is 3.26. The van der Waals surface area contributed by atoms with Gasteiger partial charge in [0.25, 0.3) is 0 Å².